The van der Waals surface area contributed by atoms with Gasteiger partial charge in [0.2, 0.25) is 10.0 Å². The van der Waals surface area contributed by atoms with Gasteiger partial charge in [-0.3, -0.25) is 0 Å². The van der Waals surface area contributed by atoms with Gasteiger partial charge in [0.1, 0.15) is 13.2 Å². The van der Waals surface area contributed by atoms with Crippen LogP contribution in [0, 0.1) is 0 Å². The highest BCUT2D eigenvalue weighted by molar-refractivity contribution is 7.88. The van der Waals surface area contributed by atoms with E-state index in [1.165, 1.54) is 12.1 Å². The van der Waals surface area contributed by atoms with Gasteiger partial charge >= 0.3 is 6.18 Å². The fourth-order valence-electron chi connectivity index (χ4n) is 2.97. The Bertz CT molecular complexity index is 971. The van der Waals surface area contributed by atoms with E-state index < -0.39 is 33.1 Å². The maximum absolute atomic E-state index is 12.8. The predicted molar refractivity (Wildman–Crippen MR) is 97.7 cm³/mol. The van der Waals surface area contributed by atoms with Crippen LogP contribution in [0.2, 0.25) is 0 Å². The summed E-state index contributed by atoms with van der Waals surface area (Å²) in [5.74, 6) is 0.539. The Morgan fingerprint density at radius 1 is 0.964 bits per heavy atom. The lowest BCUT2D eigenvalue weighted by Gasteiger charge is -2.28. The Hall–Kier alpha value is -2.26. The number of rotatable bonds is 5. The van der Waals surface area contributed by atoms with Gasteiger partial charge in [-0.25, -0.2) is 13.1 Å². The summed E-state index contributed by atoms with van der Waals surface area (Å²) in [4.78, 5) is 0. The van der Waals surface area contributed by atoms with Gasteiger partial charge < -0.3 is 9.47 Å². The van der Waals surface area contributed by atoms with E-state index in [0.29, 0.717) is 30.3 Å². The first-order chi connectivity index (χ1) is 13.0. The zero-order valence-corrected chi connectivity index (χ0v) is 16.2. The van der Waals surface area contributed by atoms with Crippen molar-refractivity contribution in [1.29, 1.82) is 0 Å². The first-order valence-corrected chi connectivity index (χ1v) is 10.2. The maximum Gasteiger partial charge on any atom is 0.416 e. The molecule has 9 heteroatoms. The molecule has 0 saturated heterocycles. The summed E-state index contributed by atoms with van der Waals surface area (Å²) in [5, 5.41) is 0. The van der Waals surface area contributed by atoms with Crippen LogP contribution in [0.5, 0.6) is 11.5 Å². The molecule has 0 fully saturated rings. The molecule has 1 heterocycles. The van der Waals surface area contributed by atoms with E-state index in [4.69, 9.17) is 9.47 Å². The number of hydrogen-bond acceptors (Lipinski definition) is 4. The Morgan fingerprint density at radius 3 is 2.32 bits per heavy atom. The summed E-state index contributed by atoms with van der Waals surface area (Å²) in [7, 11) is -3.91. The smallest absolute Gasteiger partial charge is 0.416 e. The summed E-state index contributed by atoms with van der Waals surface area (Å²) in [5.41, 5.74) is -1.19. The van der Waals surface area contributed by atoms with Crippen molar-refractivity contribution in [2.75, 3.05) is 13.2 Å². The molecule has 0 aromatic heterocycles. The minimum atomic E-state index is -4.53. The lowest BCUT2D eigenvalue weighted by molar-refractivity contribution is -0.137. The highest BCUT2D eigenvalue weighted by Crippen LogP contribution is 2.35. The molecule has 0 radical (unpaired) electrons. The molecule has 0 amide bonds. The largest absolute Gasteiger partial charge is 0.486 e. The molecule has 2 aromatic carbocycles. The van der Waals surface area contributed by atoms with Crippen LogP contribution in [0.15, 0.2) is 42.5 Å². The predicted octanol–water partition coefficient (Wildman–Crippen LogP) is 3.83. The molecule has 1 N–H and O–H groups in total. The van der Waals surface area contributed by atoms with Crippen LogP contribution in [0.4, 0.5) is 13.2 Å². The molecule has 0 unspecified atom stereocenters. The van der Waals surface area contributed by atoms with E-state index in [9.17, 15) is 21.6 Å². The van der Waals surface area contributed by atoms with E-state index in [-0.39, 0.29) is 5.56 Å². The number of sulfonamides is 1. The van der Waals surface area contributed by atoms with Gasteiger partial charge in [0, 0.05) is 0 Å². The number of ether oxygens (including phenoxy) is 2. The van der Waals surface area contributed by atoms with Gasteiger partial charge in [0.25, 0.3) is 0 Å². The highest BCUT2D eigenvalue weighted by Gasteiger charge is 2.32. The van der Waals surface area contributed by atoms with Crippen LogP contribution in [0.3, 0.4) is 0 Å². The maximum atomic E-state index is 12.8. The molecule has 0 bridgehead atoms. The fourth-order valence-corrected chi connectivity index (χ4v) is 4.56. The standard InChI is InChI=1S/C19H20F3NO4S/c1-18(2,14-6-7-16-17(11-14)27-9-8-26-16)23-28(24,25)12-13-4-3-5-15(10-13)19(20,21)22/h3-7,10-11,23H,8-9,12H2,1-2H3. The average Bonchev–Trinajstić information content (AvgIpc) is 2.59. The molecule has 0 spiro atoms. The molecular weight excluding hydrogens is 395 g/mol. The molecule has 28 heavy (non-hydrogen) atoms. The highest BCUT2D eigenvalue weighted by atomic mass is 32.2. The van der Waals surface area contributed by atoms with Crippen molar-refractivity contribution < 1.29 is 31.1 Å². The molecule has 152 valence electrons. The first-order valence-electron chi connectivity index (χ1n) is 8.54. The summed E-state index contributed by atoms with van der Waals surface area (Å²) in [6, 6.07) is 9.42. The zero-order valence-electron chi connectivity index (χ0n) is 15.3. The SMILES string of the molecule is CC(C)(NS(=O)(=O)Cc1cccc(C(F)(F)F)c1)c1ccc2c(c1)OCCO2. The number of benzene rings is 2. The van der Waals surface area contributed by atoms with Crippen molar-refractivity contribution in [1.82, 2.24) is 4.72 Å². The van der Waals surface area contributed by atoms with E-state index in [2.05, 4.69) is 4.72 Å². The second kappa shape index (κ2) is 7.29. The summed E-state index contributed by atoms with van der Waals surface area (Å²) in [6.07, 6.45) is -4.53. The monoisotopic (exact) mass is 415 g/mol. The first kappa shape index (κ1) is 20.5. The van der Waals surface area contributed by atoms with Crippen molar-refractivity contribution in [3.05, 3.63) is 59.2 Å². The summed E-state index contributed by atoms with van der Waals surface area (Å²) >= 11 is 0. The second-order valence-corrected chi connectivity index (χ2v) is 8.77. The fraction of sp³-hybridized carbons (Fsp3) is 0.368. The van der Waals surface area contributed by atoms with E-state index in [1.807, 2.05) is 0 Å². The third-order valence-electron chi connectivity index (χ3n) is 4.29. The van der Waals surface area contributed by atoms with Gasteiger partial charge in [-0.1, -0.05) is 24.3 Å². The van der Waals surface area contributed by atoms with Crippen LogP contribution < -0.4 is 14.2 Å². The molecule has 5 nitrogen and oxygen atoms in total. The van der Waals surface area contributed by atoms with Crippen LogP contribution in [-0.2, 0) is 27.5 Å². The lowest BCUT2D eigenvalue weighted by Crippen LogP contribution is -2.41. The third kappa shape index (κ3) is 4.77. The normalized spacial score (nSPS) is 14.8. The van der Waals surface area contributed by atoms with Crippen LogP contribution in [0.1, 0.15) is 30.5 Å². The van der Waals surface area contributed by atoms with E-state index in [0.717, 1.165) is 12.1 Å². The van der Waals surface area contributed by atoms with Crippen LogP contribution in [-0.4, -0.2) is 21.6 Å². The molecule has 0 saturated carbocycles. The molecule has 2 aromatic rings. The second-order valence-electron chi connectivity index (χ2n) is 7.04. The molecule has 3 rings (SSSR count). The van der Waals surface area contributed by atoms with Crippen LogP contribution >= 0.6 is 0 Å². The Balaban J connectivity index is 1.79. The third-order valence-corrected chi connectivity index (χ3v) is 5.82. The Kier molecular flexibility index (Phi) is 5.33. The van der Waals surface area contributed by atoms with Crippen LogP contribution in [0.25, 0.3) is 0 Å². The van der Waals surface area contributed by atoms with Gasteiger partial charge in [0.15, 0.2) is 11.5 Å². The van der Waals surface area contributed by atoms with Crippen molar-refractivity contribution >= 4 is 10.0 Å². The number of nitrogens with one attached hydrogen (secondary N) is 1. The average molecular weight is 415 g/mol. The van der Waals surface area contributed by atoms with Gasteiger partial charge in [0.05, 0.1) is 16.9 Å². The minimum absolute atomic E-state index is 0.0558. The molecule has 0 atom stereocenters. The molecule has 1 aliphatic rings. The lowest BCUT2D eigenvalue weighted by atomic mass is 9.95. The summed E-state index contributed by atoms with van der Waals surface area (Å²) < 4.78 is 77.2. The Labute approximate surface area is 161 Å². The summed E-state index contributed by atoms with van der Waals surface area (Å²) in [6.45, 7) is 4.18. The van der Waals surface area contributed by atoms with E-state index >= 15 is 0 Å². The number of hydrogen-bond donors (Lipinski definition) is 1. The van der Waals surface area contributed by atoms with Crippen molar-refractivity contribution in [3.63, 3.8) is 0 Å². The van der Waals surface area contributed by atoms with Crippen molar-refractivity contribution in [3.8, 4) is 11.5 Å². The van der Waals surface area contributed by atoms with Gasteiger partial charge in [-0.05, 0) is 43.2 Å². The molecular formula is C19H20F3NO4S. The zero-order chi connectivity index (χ0) is 20.6. The molecule has 1 aliphatic heterocycles. The number of fused-ring (bicyclic) bond motifs is 1. The van der Waals surface area contributed by atoms with Gasteiger partial charge in [-0.15, -0.1) is 0 Å². The van der Waals surface area contributed by atoms with E-state index in [1.54, 1.807) is 32.0 Å². The number of alkyl halides is 3. The van der Waals surface area contributed by atoms with Crippen molar-refractivity contribution in [2.24, 2.45) is 0 Å². The van der Waals surface area contributed by atoms with Gasteiger partial charge in [-0.2, -0.15) is 13.2 Å². The molecule has 0 aliphatic carbocycles. The number of halogens is 3. The minimum Gasteiger partial charge on any atom is -0.486 e. The quantitative estimate of drug-likeness (QED) is 0.806. The Morgan fingerprint density at radius 2 is 1.64 bits per heavy atom. The van der Waals surface area contributed by atoms with Crippen molar-refractivity contribution in [2.45, 2.75) is 31.3 Å². The topological polar surface area (TPSA) is 64.6 Å².